The maximum atomic E-state index is 13.7. The molecule has 1 atom stereocenters. The van der Waals surface area contributed by atoms with Gasteiger partial charge in [-0.05, 0) is 61.4 Å². The zero-order chi connectivity index (χ0) is 27.5. The number of carbonyl (C=O) groups excluding carboxylic acids is 2. The topological polar surface area (TPSA) is 87.0 Å². The average molecular weight is 603 g/mol. The summed E-state index contributed by atoms with van der Waals surface area (Å²) in [4.78, 5) is 44.1. The monoisotopic (exact) mass is 602 g/mol. The molecule has 0 amide bonds. The first-order valence-electron chi connectivity index (χ1n) is 12.2. The number of thiazole rings is 1. The van der Waals surface area contributed by atoms with Crippen LogP contribution in [0.4, 0.5) is 0 Å². The molecule has 1 aliphatic rings. The number of hydrogen-bond donors (Lipinski definition) is 0. The third kappa shape index (κ3) is 5.55. The highest BCUT2D eigenvalue weighted by molar-refractivity contribution is 9.10. The Morgan fingerprint density at radius 1 is 1.03 bits per heavy atom. The fourth-order valence-electron chi connectivity index (χ4n) is 4.31. The molecule has 9 heteroatoms. The number of nitrogens with zero attached hydrogens (tertiary/aromatic N) is 2. The molecule has 0 spiro atoms. The lowest BCUT2D eigenvalue weighted by atomic mass is 9.96. The molecule has 39 heavy (non-hydrogen) atoms. The summed E-state index contributed by atoms with van der Waals surface area (Å²) in [5.41, 5.74) is 2.58. The van der Waals surface area contributed by atoms with Crippen LogP contribution in [-0.4, -0.2) is 23.1 Å². The molecule has 1 aliphatic heterocycles. The van der Waals surface area contributed by atoms with Crippen LogP contribution in [0.1, 0.15) is 41.4 Å². The summed E-state index contributed by atoms with van der Waals surface area (Å²) < 4.78 is 13.6. The van der Waals surface area contributed by atoms with Crippen molar-refractivity contribution in [3.63, 3.8) is 0 Å². The molecule has 3 aromatic carbocycles. The summed E-state index contributed by atoms with van der Waals surface area (Å²) in [6.45, 7) is 3.72. The zero-order valence-electron chi connectivity index (χ0n) is 21.1. The second kappa shape index (κ2) is 11.3. The van der Waals surface area contributed by atoms with Crippen molar-refractivity contribution in [2.24, 2.45) is 4.99 Å². The van der Waals surface area contributed by atoms with Crippen LogP contribution in [0.5, 0.6) is 5.75 Å². The molecule has 0 aliphatic carbocycles. The predicted octanol–water partition coefficient (Wildman–Crippen LogP) is 4.78. The Balaban J connectivity index is 1.49. The Bertz CT molecular complexity index is 1770. The molecule has 0 saturated carbocycles. The number of esters is 2. The summed E-state index contributed by atoms with van der Waals surface area (Å²) in [5.74, 6) is -0.571. The van der Waals surface area contributed by atoms with Gasteiger partial charge in [-0.15, -0.1) is 0 Å². The highest BCUT2D eigenvalue weighted by Crippen LogP contribution is 2.30. The molecule has 0 fully saturated rings. The highest BCUT2D eigenvalue weighted by atomic mass is 79.9. The van der Waals surface area contributed by atoms with Crippen LogP contribution < -0.4 is 19.6 Å². The number of halogens is 1. The lowest BCUT2D eigenvalue weighted by molar-refractivity contribution is -0.139. The molecule has 5 rings (SSSR count). The number of allylic oxidation sites excluding steroid dienone is 1. The van der Waals surface area contributed by atoms with Gasteiger partial charge in [0.2, 0.25) is 0 Å². The van der Waals surface area contributed by atoms with Crippen molar-refractivity contribution in [3.8, 4) is 5.75 Å². The Morgan fingerprint density at radius 2 is 1.77 bits per heavy atom. The predicted molar refractivity (Wildman–Crippen MR) is 152 cm³/mol. The third-order valence-electron chi connectivity index (χ3n) is 6.08. The normalized spacial score (nSPS) is 14.9. The summed E-state index contributed by atoms with van der Waals surface area (Å²) in [5, 5.41) is 0. The van der Waals surface area contributed by atoms with Gasteiger partial charge in [-0.3, -0.25) is 9.36 Å². The fourth-order valence-corrected chi connectivity index (χ4v) is 5.75. The molecular weight excluding hydrogens is 580 g/mol. The van der Waals surface area contributed by atoms with Crippen LogP contribution in [0.15, 0.2) is 104 Å². The standard InChI is InChI=1S/C30H23BrN2O5S/c1-3-37-29(36)25-18(2)32-30-33(26(25)20-8-5-4-6-9-20)27(34)24(39-30)16-19-12-14-23(15-13-19)38-28(35)21-10-7-11-22(31)17-21/h4-17,26H,3H2,1-2H3/b24-16-/t26-/m0/s1. The van der Waals surface area contributed by atoms with Gasteiger partial charge in [-0.1, -0.05) is 75.8 Å². The van der Waals surface area contributed by atoms with E-state index in [9.17, 15) is 14.4 Å². The van der Waals surface area contributed by atoms with Gasteiger partial charge < -0.3 is 9.47 Å². The number of hydrogen-bond acceptors (Lipinski definition) is 7. The molecule has 7 nitrogen and oxygen atoms in total. The fraction of sp³-hybridized carbons (Fsp3) is 0.133. The minimum Gasteiger partial charge on any atom is -0.463 e. The first-order valence-corrected chi connectivity index (χ1v) is 13.8. The number of aromatic nitrogens is 1. The van der Waals surface area contributed by atoms with Gasteiger partial charge >= 0.3 is 11.9 Å². The van der Waals surface area contributed by atoms with Crippen LogP contribution in [-0.2, 0) is 9.53 Å². The van der Waals surface area contributed by atoms with Crippen molar-refractivity contribution in [1.82, 2.24) is 4.57 Å². The summed E-state index contributed by atoms with van der Waals surface area (Å²) in [6, 6.07) is 22.6. The van der Waals surface area contributed by atoms with E-state index in [1.165, 1.54) is 11.3 Å². The smallest absolute Gasteiger partial charge is 0.343 e. The Morgan fingerprint density at radius 3 is 2.46 bits per heavy atom. The van der Waals surface area contributed by atoms with E-state index in [0.717, 1.165) is 15.6 Å². The van der Waals surface area contributed by atoms with E-state index in [4.69, 9.17) is 9.47 Å². The van der Waals surface area contributed by atoms with Gasteiger partial charge in [-0.2, -0.15) is 0 Å². The van der Waals surface area contributed by atoms with Crippen LogP contribution in [0.2, 0.25) is 0 Å². The van der Waals surface area contributed by atoms with Gasteiger partial charge in [0.15, 0.2) is 4.80 Å². The molecule has 2 heterocycles. The van der Waals surface area contributed by atoms with E-state index in [-0.39, 0.29) is 12.2 Å². The molecular formula is C30H23BrN2O5S. The van der Waals surface area contributed by atoms with Crippen molar-refractivity contribution in [3.05, 3.63) is 131 Å². The maximum absolute atomic E-state index is 13.7. The van der Waals surface area contributed by atoms with Crippen LogP contribution in [0, 0.1) is 0 Å². The van der Waals surface area contributed by atoms with Crippen molar-refractivity contribution in [2.45, 2.75) is 19.9 Å². The van der Waals surface area contributed by atoms with Gasteiger partial charge in [0.1, 0.15) is 5.75 Å². The van der Waals surface area contributed by atoms with Crippen molar-refractivity contribution >= 4 is 45.3 Å². The first kappa shape index (κ1) is 26.5. The molecule has 0 saturated heterocycles. The van der Waals surface area contributed by atoms with E-state index < -0.39 is 18.0 Å². The van der Waals surface area contributed by atoms with Gasteiger partial charge in [0.25, 0.3) is 5.56 Å². The van der Waals surface area contributed by atoms with Crippen LogP contribution in [0.3, 0.4) is 0 Å². The summed E-state index contributed by atoms with van der Waals surface area (Å²) in [6.07, 6.45) is 1.76. The van der Waals surface area contributed by atoms with Gasteiger partial charge in [0, 0.05) is 4.47 Å². The quantitative estimate of drug-likeness (QED) is 0.234. The molecule has 0 radical (unpaired) electrons. The summed E-state index contributed by atoms with van der Waals surface area (Å²) >= 11 is 4.60. The Kier molecular flexibility index (Phi) is 7.72. The van der Waals surface area contributed by atoms with Gasteiger partial charge in [-0.25, -0.2) is 14.6 Å². The molecule has 0 bridgehead atoms. The number of carbonyl (C=O) groups is 2. The zero-order valence-corrected chi connectivity index (χ0v) is 23.5. The third-order valence-corrected chi connectivity index (χ3v) is 7.56. The highest BCUT2D eigenvalue weighted by Gasteiger charge is 2.33. The van der Waals surface area contributed by atoms with E-state index in [1.807, 2.05) is 36.4 Å². The van der Waals surface area contributed by atoms with Crippen LogP contribution in [0.25, 0.3) is 6.08 Å². The Labute approximate surface area is 236 Å². The number of rotatable bonds is 6. The number of ether oxygens (including phenoxy) is 2. The van der Waals surface area contributed by atoms with Crippen molar-refractivity contribution in [1.29, 1.82) is 0 Å². The SMILES string of the molecule is CCOC(=O)C1=C(C)N=c2s/c(=C\c3ccc(OC(=O)c4cccc(Br)c4)cc3)c(=O)n2[C@H]1c1ccccc1. The summed E-state index contributed by atoms with van der Waals surface area (Å²) in [7, 11) is 0. The molecule has 196 valence electrons. The minimum absolute atomic E-state index is 0.218. The van der Waals surface area contributed by atoms with Gasteiger partial charge in [0.05, 0.1) is 34.0 Å². The van der Waals surface area contributed by atoms with Crippen molar-refractivity contribution in [2.75, 3.05) is 6.61 Å². The average Bonchev–Trinajstić information content (AvgIpc) is 3.23. The number of benzene rings is 3. The molecule has 4 aromatic rings. The van der Waals surface area contributed by atoms with E-state index >= 15 is 0 Å². The number of fused-ring (bicyclic) bond motifs is 1. The Hall–Kier alpha value is -4.08. The minimum atomic E-state index is -0.650. The van der Waals surface area contributed by atoms with Crippen LogP contribution >= 0.6 is 27.3 Å². The lowest BCUT2D eigenvalue weighted by Gasteiger charge is -2.24. The van der Waals surface area contributed by atoms with Crippen molar-refractivity contribution < 1.29 is 19.1 Å². The first-order chi connectivity index (χ1) is 18.9. The second-order valence-corrected chi connectivity index (χ2v) is 10.6. The van der Waals surface area contributed by atoms with E-state index in [0.29, 0.717) is 31.9 Å². The second-order valence-electron chi connectivity index (χ2n) is 8.68. The molecule has 1 aromatic heterocycles. The lowest BCUT2D eigenvalue weighted by Crippen LogP contribution is -2.39. The van der Waals surface area contributed by atoms with E-state index in [1.54, 1.807) is 67.0 Å². The molecule has 0 N–H and O–H groups in total. The largest absolute Gasteiger partial charge is 0.463 e. The molecule has 0 unspecified atom stereocenters. The maximum Gasteiger partial charge on any atom is 0.343 e. The van der Waals surface area contributed by atoms with E-state index in [2.05, 4.69) is 20.9 Å².